The van der Waals surface area contributed by atoms with E-state index >= 15 is 0 Å². The second kappa shape index (κ2) is 7.82. The van der Waals surface area contributed by atoms with Gasteiger partial charge in [0.25, 0.3) is 0 Å². The molecule has 0 spiro atoms. The first-order valence-corrected chi connectivity index (χ1v) is 10.0. The molecule has 0 unspecified atom stereocenters. The topological polar surface area (TPSA) is 96.0 Å². The highest BCUT2D eigenvalue weighted by molar-refractivity contribution is 5.81. The molecule has 0 atom stereocenters. The van der Waals surface area contributed by atoms with Gasteiger partial charge in [-0.1, -0.05) is 0 Å². The molecule has 2 aliphatic rings. The summed E-state index contributed by atoms with van der Waals surface area (Å²) in [5.41, 5.74) is -0.0746. The zero-order valence-electron chi connectivity index (χ0n) is 16.8. The van der Waals surface area contributed by atoms with Crippen LogP contribution in [0.3, 0.4) is 0 Å². The molecule has 0 bridgehead atoms. The van der Waals surface area contributed by atoms with Crippen LogP contribution in [0.25, 0.3) is 0 Å². The Morgan fingerprint density at radius 2 is 1.87 bits per heavy atom. The number of aldehydes is 1. The van der Waals surface area contributed by atoms with E-state index < -0.39 is 11.7 Å². The summed E-state index contributed by atoms with van der Waals surface area (Å²) in [5.74, 6) is -0.588. The van der Waals surface area contributed by atoms with E-state index in [-0.39, 0.29) is 35.2 Å². The highest BCUT2D eigenvalue weighted by Gasteiger charge is 2.43. The first-order valence-electron chi connectivity index (χ1n) is 10.0. The molecular formula is C21H22F3N5O2. The van der Waals surface area contributed by atoms with E-state index in [1.54, 1.807) is 24.3 Å². The molecule has 2 aromatic rings. The summed E-state index contributed by atoms with van der Waals surface area (Å²) in [7, 11) is 0. The van der Waals surface area contributed by atoms with E-state index in [4.69, 9.17) is 0 Å². The Kier molecular flexibility index (Phi) is 5.32. The number of halogens is 3. The van der Waals surface area contributed by atoms with Gasteiger partial charge in [0.2, 0.25) is 11.9 Å². The quantitative estimate of drug-likeness (QED) is 0.573. The average molecular weight is 433 g/mol. The van der Waals surface area contributed by atoms with E-state index in [0.29, 0.717) is 30.4 Å². The summed E-state index contributed by atoms with van der Waals surface area (Å²) in [6.45, 7) is 1.98. The number of nitrogens with zero attached hydrogens (tertiary/aromatic N) is 2. The van der Waals surface area contributed by atoms with Crippen LogP contribution in [0.2, 0.25) is 0 Å². The van der Waals surface area contributed by atoms with Crippen molar-refractivity contribution in [2.45, 2.75) is 50.4 Å². The molecule has 0 radical (unpaired) electrons. The van der Waals surface area contributed by atoms with Crippen molar-refractivity contribution in [1.29, 1.82) is 0 Å². The zero-order valence-corrected chi connectivity index (χ0v) is 16.8. The molecule has 1 aromatic heterocycles. The number of hydrogen-bond acceptors (Lipinski definition) is 6. The molecule has 7 nitrogen and oxygen atoms in total. The number of aromatic nitrogens is 2. The molecule has 1 aromatic carbocycles. The summed E-state index contributed by atoms with van der Waals surface area (Å²) >= 11 is 0. The van der Waals surface area contributed by atoms with Crippen molar-refractivity contribution in [2.75, 3.05) is 10.6 Å². The van der Waals surface area contributed by atoms with E-state index in [1.807, 2.05) is 6.92 Å². The Balaban J connectivity index is 1.44. The zero-order chi connectivity index (χ0) is 22.2. The second-order valence-electron chi connectivity index (χ2n) is 8.38. The number of rotatable bonds is 7. The molecular weight excluding hydrogens is 411 g/mol. The molecule has 4 rings (SSSR count). The third kappa shape index (κ3) is 4.95. The van der Waals surface area contributed by atoms with Gasteiger partial charge < -0.3 is 16.0 Å². The number of nitrogens with one attached hydrogen (secondary N) is 3. The molecule has 31 heavy (non-hydrogen) atoms. The lowest BCUT2D eigenvalue weighted by Gasteiger charge is -2.36. The molecule has 10 heteroatoms. The van der Waals surface area contributed by atoms with Gasteiger partial charge in [0.15, 0.2) is 0 Å². The normalized spacial score (nSPS) is 21.5. The van der Waals surface area contributed by atoms with E-state index in [0.717, 1.165) is 19.0 Å². The summed E-state index contributed by atoms with van der Waals surface area (Å²) < 4.78 is 40.3. The predicted molar refractivity (Wildman–Crippen MR) is 108 cm³/mol. The number of amides is 1. The molecule has 2 saturated carbocycles. The van der Waals surface area contributed by atoms with Crippen LogP contribution >= 0.6 is 0 Å². The molecule has 1 amide bonds. The Bertz CT molecular complexity index is 983. The minimum Gasteiger partial charge on any atom is -0.367 e. The predicted octanol–water partition coefficient (Wildman–Crippen LogP) is 3.91. The summed E-state index contributed by atoms with van der Waals surface area (Å²) in [6, 6.07) is 6.07. The summed E-state index contributed by atoms with van der Waals surface area (Å²) in [4.78, 5) is 30.8. The number of carbonyl (C=O) groups is 2. The smallest absolute Gasteiger partial charge is 0.367 e. The van der Waals surface area contributed by atoms with Gasteiger partial charge in [-0.3, -0.25) is 9.59 Å². The van der Waals surface area contributed by atoms with E-state index in [9.17, 15) is 22.8 Å². The number of anilines is 3. The minimum atomic E-state index is -4.62. The van der Waals surface area contributed by atoms with Crippen LogP contribution in [0.1, 0.15) is 48.5 Å². The van der Waals surface area contributed by atoms with Crippen molar-refractivity contribution in [3.63, 3.8) is 0 Å². The van der Waals surface area contributed by atoms with Crippen LogP contribution < -0.4 is 16.0 Å². The minimum absolute atomic E-state index is 0.00960. The molecule has 2 fully saturated rings. The summed E-state index contributed by atoms with van der Waals surface area (Å²) in [6.07, 6.45) is -0.398. The first kappa shape index (κ1) is 21.1. The fraction of sp³-hybridized carbons (Fsp3) is 0.429. The van der Waals surface area contributed by atoms with Gasteiger partial charge in [-0.2, -0.15) is 18.2 Å². The van der Waals surface area contributed by atoms with Crippen molar-refractivity contribution in [3.05, 3.63) is 41.6 Å². The van der Waals surface area contributed by atoms with Crippen molar-refractivity contribution < 1.29 is 22.8 Å². The molecule has 1 heterocycles. The van der Waals surface area contributed by atoms with Crippen LogP contribution in [0.5, 0.6) is 0 Å². The van der Waals surface area contributed by atoms with E-state index in [1.165, 1.54) is 0 Å². The second-order valence-corrected chi connectivity index (χ2v) is 8.38. The van der Waals surface area contributed by atoms with Gasteiger partial charge in [0.05, 0.1) is 0 Å². The van der Waals surface area contributed by atoms with E-state index in [2.05, 4.69) is 25.9 Å². The highest BCUT2D eigenvalue weighted by Crippen LogP contribution is 2.39. The fourth-order valence-corrected chi connectivity index (χ4v) is 3.39. The SMILES string of the molecule is CC1(NC(=O)C2CC(Nc3nc(Nc4ccc(C=O)cc4)ncc3C(F)(F)F)C2)CC1. The Morgan fingerprint density at radius 1 is 1.19 bits per heavy atom. The maximum atomic E-state index is 13.4. The highest BCUT2D eigenvalue weighted by atomic mass is 19.4. The third-order valence-electron chi connectivity index (χ3n) is 5.67. The number of alkyl halides is 3. The molecule has 3 N–H and O–H groups in total. The van der Waals surface area contributed by atoms with Crippen molar-refractivity contribution in [3.8, 4) is 0 Å². The molecule has 164 valence electrons. The van der Waals surface area contributed by atoms with Crippen LogP contribution in [0, 0.1) is 5.92 Å². The van der Waals surface area contributed by atoms with Crippen LogP contribution in [0.15, 0.2) is 30.5 Å². The third-order valence-corrected chi connectivity index (χ3v) is 5.67. The molecule has 0 saturated heterocycles. The van der Waals surface area contributed by atoms with Gasteiger partial charge in [-0.05, 0) is 56.9 Å². The lowest BCUT2D eigenvalue weighted by Crippen LogP contribution is -2.47. The maximum absolute atomic E-state index is 13.4. The van der Waals surface area contributed by atoms with Crippen LogP contribution in [0.4, 0.5) is 30.6 Å². The van der Waals surface area contributed by atoms with Gasteiger partial charge >= 0.3 is 6.18 Å². The maximum Gasteiger partial charge on any atom is 0.421 e. The number of hydrogen-bond donors (Lipinski definition) is 3. The lowest BCUT2D eigenvalue weighted by atomic mass is 9.79. The summed E-state index contributed by atoms with van der Waals surface area (Å²) in [5, 5.41) is 8.65. The standard InChI is InChI=1S/C21H22F3N5O2/c1-20(6-7-20)29-18(31)13-8-15(9-13)26-17-16(21(22,23)24)10-25-19(28-17)27-14-4-2-12(11-30)3-5-14/h2-5,10-11,13,15H,6-9H2,1H3,(H,29,31)(H2,25,26,27,28). The van der Waals surface area contributed by atoms with Crippen molar-refractivity contribution in [1.82, 2.24) is 15.3 Å². The first-order chi connectivity index (χ1) is 14.6. The fourth-order valence-electron chi connectivity index (χ4n) is 3.39. The Morgan fingerprint density at radius 3 is 2.45 bits per heavy atom. The van der Waals surface area contributed by atoms with Crippen molar-refractivity contribution in [2.24, 2.45) is 5.92 Å². The van der Waals surface area contributed by atoms with Gasteiger partial charge in [-0.25, -0.2) is 4.98 Å². The van der Waals surface area contributed by atoms with Gasteiger partial charge in [-0.15, -0.1) is 0 Å². The number of carbonyl (C=O) groups excluding carboxylic acids is 2. The van der Waals surface area contributed by atoms with Gasteiger partial charge in [0, 0.05) is 34.9 Å². The average Bonchev–Trinajstić information content (AvgIpc) is 3.40. The van der Waals surface area contributed by atoms with Gasteiger partial charge in [0.1, 0.15) is 17.7 Å². The number of benzene rings is 1. The molecule has 0 aliphatic heterocycles. The van der Waals surface area contributed by atoms with Crippen LogP contribution in [-0.2, 0) is 11.0 Å². The van der Waals surface area contributed by atoms with Crippen LogP contribution in [-0.4, -0.2) is 33.7 Å². The Hall–Kier alpha value is -3.17. The van der Waals surface area contributed by atoms with Crippen molar-refractivity contribution >= 4 is 29.6 Å². The lowest BCUT2D eigenvalue weighted by molar-refractivity contribution is -0.137. The largest absolute Gasteiger partial charge is 0.421 e. The monoisotopic (exact) mass is 433 g/mol. The Labute approximate surface area is 176 Å². The molecule has 2 aliphatic carbocycles.